The van der Waals surface area contributed by atoms with Gasteiger partial charge in [-0.15, -0.1) is 5.10 Å². The molecule has 0 atom stereocenters. The second-order valence-electron chi connectivity index (χ2n) is 6.35. The highest BCUT2D eigenvalue weighted by molar-refractivity contribution is 7.98. The molecule has 0 aliphatic carbocycles. The summed E-state index contributed by atoms with van der Waals surface area (Å²) in [5.74, 6) is 0.475. The van der Waals surface area contributed by atoms with Crippen LogP contribution in [-0.4, -0.2) is 44.2 Å². The molecule has 0 amide bonds. The van der Waals surface area contributed by atoms with E-state index in [0.717, 1.165) is 0 Å². The Balaban J connectivity index is 1.86. The first-order valence-corrected chi connectivity index (χ1v) is 8.43. The average molecular weight is 336 g/mol. The van der Waals surface area contributed by atoms with Crippen molar-refractivity contribution in [3.63, 3.8) is 0 Å². The predicted molar refractivity (Wildman–Crippen MR) is 87.7 cm³/mol. The standard InChI is InChI=1S/C14H18BFN4O2S/c1-13(2)14(3,4)22-15(21-13)10(16)6-9-7-17-11-18-12(23-5)19-20(11)8-9/h6-8H,1-5H3. The Kier molecular flexibility index (Phi) is 3.98. The van der Waals surface area contributed by atoms with Crippen molar-refractivity contribution in [2.24, 2.45) is 0 Å². The summed E-state index contributed by atoms with van der Waals surface area (Å²) in [6, 6.07) is 0. The van der Waals surface area contributed by atoms with Crippen LogP contribution in [0.4, 0.5) is 4.39 Å². The van der Waals surface area contributed by atoms with Crippen molar-refractivity contribution in [1.29, 1.82) is 0 Å². The predicted octanol–water partition coefficient (Wildman–Crippen LogP) is 2.79. The Morgan fingerprint density at radius 1 is 1.30 bits per heavy atom. The SMILES string of the molecule is CSc1nc2ncc(C=C(F)B3OC(C)(C)C(C)(C)O3)cn2n1. The fourth-order valence-electron chi connectivity index (χ4n) is 2.12. The molecule has 0 saturated carbocycles. The van der Waals surface area contributed by atoms with Gasteiger partial charge in [0, 0.05) is 18.0 Å². The first-order chi connectivity index (χ1) is 10.7. The molecule has 0 radical (unpaired) electrons. The van der Waals surface area contributed by atoms with E-state index in [1.165, 1.54) is 22.4 Å². The number of thioether (sulfide) groups is 1. The Labute approximate surface area is 138 Å². The van der Waals surface area contributed by atoms with Gasteiger partial charge in [0.2, 0.25) is 5.16 Å². The number of rotatable bonds is 3. The molecule has 0 N–H and O–H groups in total. The van der Waals surface area contributed by atoms with Crippen molar-refractivity contribution in [2.45, 2.75) is 44.1 Å². The molecule has 1 fully saturated rings. The van der Waals surface area contributed by atoms with E-state index in [4.69, 9.17) is 9.31 Å². The van der Waals surface area contributed by atoms with E-state index in [1.54, 1.807) is 12.4 Å². The topological polar surface area (TPSA) is 61.5 Å². The third-order valence-electron chi connectivity index (χ3n) is 4.16. The zero-order valence-corrected chi connectivity index (χ0v) is 14.5. The summed E-state index contributed by atoms with van der Waals surface area (Å²) in [5.41, 5.74) is -1.11. The van der Waals surface area contributed by atoms with E-state index in [9.17, 15) is 4.39 Å². The van der Waals surface area contributed by atoms with Crippen molar-refractivity contribution >= 4 is 30.7 Å². The van der Waals surface area contributed by atoms with Gasteiger partial charge in [-0.05, 0) is 40.0 Å². The summed E-state index contributed by atoms with van der Waals surface area (Å²) in [6.45, 7) is 7.53. The number of nitrogens with zero attached hydrogens (tertiary/aromatic N) is 4. The minimum atomic E-state index is -1.02. The molecular weight excluding hydrogens is 318 g/mol. The third-order valence-corrected chi connectivity index (χ3v) is 4.70. The number of aromatic nitrogens is 4. The Morgan fingerprint density at radius 2 is 1.96 bits per heavy atom. The van der Waals surface area contributed by atoms with E-state index in [0.29, 0.717) is 16.5 Å². The lowest BCUT2D eigenvalue weighted by atomic mass is 9.87. The summed E-state index contributed by atoms with van der Waals surface area (Å²) < 4.78 is 27.4. The second kappa shape index (κ2) is 5.57. The maximum atomic E-state index is 14.5. The van der Waals surface area contributed by atoms with Gasteiger partial charge in [-0.2, -0.15) is 4.98 Å². The third kappa shape index (κ3) is 3.00. The van der Waals surface area contributed by atoms with Crippen LogP contribution >= 0.6 is 11.8 Å². The number of halogens is 1. The van der Waals surface area contributed by atoms with Crippen molar-refractivity contribution in [3.05, 3.63) is 23.7 Å². The van der Waals surface area contributed by atoms with Gasteiger partial charge in [-0.3, -0.25) is 0 Å². The van der Waals surface area contributed by atoms with Crippen LogP contribution in [0.5, 0.6) is 0 Å². The highest BCUT2D eigenvalue weighted by Gasteiger charge is 2.53. The molecule has 0 bridgehead atoms. The van der Waals surface area contributed by atoms with Crippen LogP contribution in [0.15, 0.2) is 23.3 Å². The van der Waals surface area contributed by atoms with Crippen LogP contribution in [0.2, 0.25) is 0 Å². The fraction of sp³-hybridized carbons (Fsp3) is 0.500. The Morgan fingerprint density at radius 3 is 2.57 bits per heavy atom. The molecule has 0 spiro atoms. The van der Waals surface area contributed by atoms with Crippen molar-refractivity contribution in [1.82, 2.24) is 19.6 Å². The van der Waals surface area contributed by atoms with Crippen LogP contribution < -0.4 is 0 Å². The molecule has 3 heterocycles. The minimum absolute atomic E-state index is 0.475. The smallest absolute Gasteiger partial charge is 0.398 e. The molecule has 3 rings (SSSR count). The summed E-state index contributed by atoms with van der Waals surface area (Å²) in [5, 5.41) is 4.85. The van der Waals surface area contributed by atoms with Gasteiger partial charge >= 0.3 is 7.12 Å². The van der Waals surface area contributed by atoms with Gasteiger partial charge in [0.1, 0.15) is 5.73 Å². The van der Waals surface area contributed by atoms with Gasteiger partial charge in [0.25, 0.3) is 5.78 Å². The molecule has 1 saturated heterocycles. The lowest BCUT2D eigenvalue weighted by Gasteiger charge is -2.32. The highest BCUT2D eigenvalue weighted by atomic mass is 32.2. The summed E-state index contributed by atoms with van der Waals surface area (Å²) in [4.78, 5) is 8.38. The van der Waals surface area contributed by atoms with Gasteiger partial charge in [-0.1, -0.05) is 11.8 Å². The maximum Gasteiger partial charge on any atom is 0.525 e. The van der Waals surface area contributed by atoms with Crippen LogP contribution in [0, 0.1) is 0 Å². The van der Waals surface area contributed by atoms with E-state index < -0.39 is 24.0 Å². The van der Waals surface area contributed by atoms with Crippen LogP contribution in [0.1, 0.15) is 33.3 Å². The number of fused-ring (bicyclic) bond motifs is 1. The fourth-order valence-corrected chi connectivity index (χ4v) is 2.46. The maximum absolute atomic E-state index is 14.5. The van der Waals surface area contributed by atoms with E-state index in [-0.39, 0.29) is 0 Å². The molecular formula is C14H18BFN4O2S. The minimum Gasteiger partial charge on any atom is -0.398 e. The molecule has 1 aliphatic rings. The molecule has 23 heavy (non-hydrogen) atoms. The molecule has 2 aromatic heterocycles. The van der Waals surface area contributed by atoms with E-state index in [2.05, 4.69) is 15.1 Å². The summed E-state index contributed by atoms with van der Waals surface area (Å²) in [7, 11) is -1.02. The first-order valence-electron chi connectivity index (χ1n) is 7.21. The second-order valence-corrected chi connectivity index (χ2v) is 7.12. The zero-order valence-electron chi connectivity index (χ0n) is 13.7. The van der Waals surface area contributed by atoms with Crippen LogP contribution in [0.25, 0.3) is 11.9 Å². The van der Waals surface area contributed by atoms with E-state index >= 15 is 0 Å². The molecule has 0 aromatic carbocycles. The normalized spacial score (nSPS) is 20.4. The molecule has 9 heteroatoms. The molecule has 0 unspecified atom stereocenters. The van der Waals surface area contributed by atoms with Gasteiger partial charge < -0.3 is 9.31 Å². The summed E-state index contributed by atoms with van der Waals surface area (Å²) >= 11 is 1.42. The number of hydrogen-bond donors (Lipinski definition) is 0. The van der Waals surface area contributed by atoms with Crippen molar-refractivity contribution in [3.8, 4) is 0 Å². The molecule has 122 valence electrons. The van der Waals surface area contributed by atoms with Crippen molar-refractivity contribution in [2.75, 3.05) is 6.26 Å². The summed E-state index contributed by atoms with van der Waals surface area (Å²) in [6.07, 6.45) is 6.43. The van der Waals surface area contributed by atoms with Gasteiger partial charge in [0.15, 0.2) is 0 Å². The Bertz CT molecular complexity index is 761. The van der Waals surface area contributed by atoms with E-state index in [1.807, 2.05) is 34.0 Å². The number of hydrogen-bond acceptors (Lipinski definition) is 6. The average Bonchev–Trinajstić information content (AvgIpc) is 2.96. The van der Waals surface area contributed by atoms with Crippen LogP contribution in [-0.2, 0) is 9.31 Å². The quantitative estimate of drug-likeness (QED) is 0.634. The highest BCUT2D eigenvalue weighted by Crippen LogP contribution is 2.39. The lowest BCUT2D eigenvalue weighted by Crippen LogP contribution is -2.41. The molecule has 2 aromatic rings. The van der Waals surface area contributed by atoms with Crippen LogP contribution in [0.3, 0.4) is 0 Å². The first kappa shape index (κ1) is 16.4. The zero-order chi connectivity index (χ0) is 16.8. The largest absolute Gasteiger partial charge is 0.525 e. The van der Waals surface area contributed by atoms with Gasteiger partial charge in [-0.25, -0.2) is 13.9 Å². The Hall–Kier alpha value is -1.45. The lowest BCUT2D eigenvalue weighted by molar-refractivity contribution is 0.00578. The van der Waals surface area contributed by atoms with Crippen molar-refractivity contribution < 1.29 is 13.7 Å². The monoisotopic (exact) mass is 336 g/mol. The molecule has 1 aliphatic heterocycles. The van der Waals surface area contributed by atoms with Gasteiger partial charge in [0.05, 0.1) is 11.2 Å². The molecule has 6 nitrogen and oxygen atoms in total.